The molecule has 7 nitrogen and oxygen atoms in total. The van der Waals surface area contributed by atoms with Gasteiger partial charge < -0.3 is 15.0 Å². The van der Waals surface area contributed by atoms with Crippen LogP contribution in [0.25, 0.3) is 0 Å². The van der Waals surface area contributed by atoms with Crippen LogP contribution in [0.15, 0.2) is 24.3 Å². The number of halogens is 1. The van der Waals surface area contributed by atoms with Crippen molar-refractivity contribution in [3.05, 3.63) is 40.7 Å². The number of nitrogens with zero attached hydrogens (tertiary/aromatic N) is 3. The SMILES string of the molecule is CCOCc1nnc(NC(=O)[C@@H]2CC(=O)N(CCc3ccc(F)cc3)C2)s1. The van der Waals surface area contributed by atoms with Crippen molar-refractivity contribution in [2.45, 2.75) is 26.4 Å². The summed E-state index contributed by atoms with van der Waals surface area (Å²) in [4.78, 5) is 26.3. The van der Waals surface area contributed by atoms with Gasteiger partial charge in [0, 0.05) is 26.1 Å². The van der Waals surface area contributed by atoms with Gasteiger partial charge >= 0.3 is 0 Å². The van der Waals surface area contributed by atoms with Crippen molar-refractivity contribution in [2.24, 2.45) is 5.92 Å². The number of nitrogens with one attached hydrogen (secondary N) is 1. The first-order valence-corrected chi connectivity index (χ1v) is 9.60. The van der Waals surface area contributed by atoms with Gasteiger partial charge in [0.05, 0.1) is 5.92 Å². The second-order valence-corrected chi connectivity index (χ2v) is 7.31. The van der Waals surface area contributed by atoms with E-state index in [0.717, 1.165) is 5.56 Å². The maximum Gasteiger partial charge on any atom is 0.231 e. The quantitative estimate of drug-likeness (QED) is 0.745. The minimum Gasteiger partial charge on any atom is -0.374 e. The molecule has 0 unspecified atom stereocenters. The van der Waals surface area contributed by atoms with Crippen LogP contribution in [0.1, 0.15) is 23.9 Å². The van der Waals surface area contributed by atoms with E-state index in [1.165, 1.54) is 23.5 Å². The number of hydrogen-bond donors (Lipinski definition) is 1. The van der Waals surface area contributed by atoms with Crippen molar-refractivity contribution in [3.63, 3.8) is 0 Å². The number of amides is 2. The zero-order chi connectivity index (χ0) is 19.2. The number of carbonyl (C=O) groups is 2. The molecule has 1 aromatic heterocycles. The van der Waals surface area contributed by atoms with E-state index >= 15 is 0 Å². The largest absolute Gasteiger partial charge is 0.374 e. The molecule has 2 aromatic rings. The summed E-state index contributed by atoms with van der Waals surface area (Å²) in [7, 11) is 0. The molecule has 0 bridgehead atoms. The fourth-order valence-corrected chi connectivity index (χ4v) is 3.52. The first-order chi connectivity index (χ1) is 13.0. The topological polar surface area (TPSA) is 84.4 Å². The second kappa shape index (κ2) is 9.01. The maximum absolute atomic E-state index is 12.9. The molecule has 1 saturated heterocycles. The van der Waals surface area contributed by atoms with E-state index in [1.807, 2.05) is 6.92 Å². The van der Waals surface area contributed by atoms with E-state index in [2.05, 4.69) is 15.5 Å². The highest BCUT2D eigenvalue weighted by Crippen LogP contribution is 2.22. The molecule has 1 atom stereocenters. The molecule has 0 radical (unpaired) electrons. The van der Waals surface area contributed by atoms with Gasteiger partial charge in [0.1, 0.15) is 17.4 Å². The highest BCUT2D eigenvalue weighted by molar-refractivity contribution is 7.15. The summed E-state index contributed by atoms with van der Waals surface area (Å²) in [5.41, 5.74) is 0.952. The Balaban J connectivity index is 1.49. The monoisotopic (exact) mass is 392 g/mol. The molecule has 0 saturated carbocycles. The highest BCUT2D eigenvalue weighted by Gasteiger charge is 2.34. The van der Waals surface area contributed by atoms with E-state index in [4.69, 9.17) is 4.74 Å². The summed E-state index contributed by atoms with van der Waals surface area (Å²) < 4.78 is 18.2. The van der Waals surface area contributed by atoms with Crippen molar-refractivity contribution < 1.29 is 18.7 Å². The van der Waals surface area contributed by atoms with Gasteiger partial charge in [-0.2, -0.15) is 0 Å². The molecule has 2 heterocycles. The van der Waals surface area contributed by atoms with E-state index in [-0.39, 0.29) is 24.1 Å². The van der Waals surface area contributed by atoms with E-state index in [0.29, 0.717) is 42.9 Å². The van der Waals surface area contributed by atoms with Crippen LogP contribution in [-0.4, -0.2) is 46.6 Å². The predicted molar refractivity (Wildman–Crippen MR) is 98.7 cm³/mol. The van der Waals surface area contributed by atoms with Gasteiger partial charge in [-0.1, -0.05) is 23.5 Å². The van der Waals surface area contributed by atoms with Crippen molar-refractivity contribution in [1.82, 2.24) is 15.1 Å². The van der Waals surface area contributed by atoms with Crippen molar-refractivity contribution >= 4 is 28.3 Å². The maximum atomic E-state index is 12.9. The fourth-order valence-electron chi connectivity index (χ4n) is 2.84. The smallest absolute Gasteiger partial charge is 0.231 e. The molecule has 0 spiro atoms. The Morgan fingerprint density at radius 1 is 1.37 bits per heavy atom. The Labute approximate surface area is 160 Å². The van der Waals surface area contributed by atoms with Gasteiger partial charge in [-0.15, -0.1) is 10.2 Å². The third-order valence-corrected chi connectivity index (χ3v) is 5.11. The Morgan fingerprint density at radius 3 is 2.89 bits per heavy atom. The number of likely N-dealkylation sites (tertiary alicyclic amines) is 1. The number of anilines is 1. The molecule has 2 amide bonds. The Bertz CT molecular complexity index is 796. The van der Waals surface area contributed by atoms with Crippen molar-refractivity contribution in [3.8, 4) is 0 Å². The Kier molecular flexibility index (Phi) is 6.46. The minimum absolute atomic E-state index is 0.0495. The molecular formula is C18H21FN4O3S. The molecule has 1 fully saturated rings. The number of benzene rings is 1. The Hall–Kier alpha value is -2.39. The molecular weight excluding hydrogens is 371 g/mol. The number of ether oxygens (including phenoxy) is 1. The van der Waals surface area contributed by atoms with Crippen LogP contribution in [0.5, 0.6) is 0 Å². The summed E-state index contributed by atoms with van der Waals surface area (Å²) in [6, 6.07) is 6.21. The molecule has 1 N–H and O–H groups in total. The average Bonchev–Trinajstić information content (AvgIpc) is 3.26. The van der Waals surface area contributed by atoms with Crippen LogP contribution in [0.2, 0.25) is 0 Å². The first kappa shape index (κ1) is 19.4. The molecule has 3 rings (SSSR count). The second-order valence-electron chi connectivity index (χ2n) is 6.24. The standard InChI is InChI=1S/C18H21FN4O3S/c1-2-26-11-15-21-22-18(27-15)20-17(25)13-9-16(24)23(10-13)8-7-12-3-5-14(19)6-4-12/h3-6,13H,2,7-11H2,1H3,(H,20,22,25)/t13-/m1/s1. The van der Waals surface area contributed by atoms with E-state index in [9.17, 15) is 14.0 Å². The summed E-state index contributed by atoms with van der Waals surface area (Å²) in [6.07, 6.45) is 0.803. The zero-order valence-electron chi connectivity index (χ0n) is 15.0. The zero-order valence-corrected chi connectivity index (χ0v) is 15.8. The van der Waals surface area contributed by atoms with E-state index in [1.54, 1.807) is 17.0 Å². The molecule has 1 aromatic carbocycles. The number of carbonyl (C=O) groups excluding carboxylic acids is 2. The molecule has 1 aliphatic heterocycles. The van der Waals surface area contributed by atoms with Gasteiger partial charge in [-0.3, -0.25) is 9.59 Å². The summed E-state index contributed by atoms with van der Waals surface area (Å²) in [5.74, 6) is -0.975. The molecule has 9 heteroatoms. The lowest BCUT2D eigenvalue weighted by molar-refractivity contribution is -0.128. The lowest BCUT2D eigenvalue weighted by Gasteiger charge is -2.16. The lowest BCUT2D eigenvalue weighted by Crippen LogP contribution is -2.30. The van der Waals surface area contributed by atoms with Gasteiger partial charge in [0.25, 0.3) is 0 Å². The predicted octanol–water partition coefficient (Wildman–Crippen LogP) is 2.24. The third kappa shape index (κ3) is 5.30. The van der Waals surface area contributed by atoms with Gasteiger partial charge in [0.2, 0.25) is 16.9 Å². The van der Waals surface area contributed by atoms with Gasteiger partial charge in [-0.05, 0) is 31.0 Å². The number of aromatic nitrogens is 2. The Morgan fingerprint density at radius 2 is 2.15 bits per heavy atom. The van der Waals surface area contributed by atoms with Crippen LogP contribution in [0, 0.1) is 11.7 Å². The minimum atomic E-state index is -0.412. The van der Waals surface area contributed by atoms with Crippen LogP contribution < -0.4 is 5.32 Å². The molecule has 1 aliphatic rings. The molecule has 27 heavy (non-hydrogen) atoms. The third-order valence-electron chi connectivity index (χ3n) is 4.30. The van der Waals surface area contributed by atoms with Crippen molar-refractivity contribution in [1.29, 1.82) is 0 Å². The van der Waals surface area contributed by atoms with Crippen LogP contribution >= 0.6 is 11.3 Å². The molecule has 144 valence electrons. The first-order valence-electron chi connectivity index (χ1n) is 8.78. The average molecular weight is 392 g/mol. The fraction of sp³-hybridized carbons (Fsp3) is 0.444. The van der Waals surface area contributed by atoms with Crippen molar-refractivity contribution in [2.75, 3.05) is 25.0 Å². The summed E-state index contributed by atoms with van der Waals surface area (Å²) >= 11 is 1.26. The van der Waals surface area contributed by atoms with E-state index < -0.39 is 5.92 Å². The van der Waals surface area contributed by atoms with Gasteiger partial charge in [-0.25, -0.2) is 4.39 Å². The summed E-state index contributed by atoms with van der Waals surface area (Å²) in [6.45, 7) is 3.72. The normalized spacial score (nSPS) is 16.7. The van der Waals surface area contributed by atoms with Crippen LogP contribution in [0.4, 0.5) is 9.52 Å². The number of rotatable bonds is 8. The molecule has 0 aliphatic carbocycles. The summed E-state index contributed by atoms with van der Waals surface area (Å²) in [5, 5.41) is 11.7. The highest BCUT2D eigenvalue weighted by atomic mass is 32.1. The van der Waals surface area contributed by atoms with Crippen LogP contribution in [-0.2, 0) is 27.4 Å². The van der Waals surface area contributed by atoms with Gasteiger partial charge in [0.15, 0.2) is 0 Å². The number of hydrogen-bond acceptors (Lipinski definition) is 6. The van der Waals surface area contributed by atoms with Crippen LogP contribution in [0.3, 0.4) is 0 Å². The lowest BCUT2D eigenvalue weighted by atomic mass is 10.1.